The van der Waals surface area contributed by atoms with Crippen molar-refractivity contribution in [1.82, 2.24) is 0 Å². The summed E-state index contributed by atoms with van der Waals surface area (Å²) >= 11 is 0. The zero-order valence-corrected chi connectivity index (χ0v) is 11.2. The molecule has 0 spiro atoms. The van der Waals surface area contributed by atoms with E-state index >= 15 is 0 Å². The molecule has 0 aromatic heterocycles. The Labute approximate surface area is 117 Å². The van der Waals surface area contributed by atoms with Crippen molar-refractivity contribution in [2.45, 2.75) is 31.3 Å². The molecule has 1 saturated carbocycles. The number of carboxylic acids is 1. The van der Waals surface area contributed by atoms with Gasteiger partial charge in [-0.3, -0.25) is 4.79 Å². The van der Waals surface area contributed by atoms with Crippen molar-refractivity contribution >= 4 is 11.7 Å². The monoisotopic (exact) mass is 274 g/mol. The van der Waals surface area contributed by atoms with Crippen molar-refractivity contribution in [1.29, 1.82) is 5.26 Å². The van der Waals surface area contributed by atoms with Crippen molar-refractivity contribution in [2.75, 3.05) is 11.9 Å². The summed E-state index contributed by atoms with van der Waals surface area (Å²) in [6.07, 6.45) is 1.97. The van der Waals surface area contributed by atoms with Crippen LogP contribution in [0.5, 0.6) is 0 Å². The average molecular weight is 274 g/mol. The van der Waals surface area contributed by atoms with E-state index in [1.807, 2.05) is 6.07 Å². The molecular formula is C15H18N2O3. The first-order valence-corrected chi connectivity index (χ1v) is 6.72. The molecule has 20 heavy (non-hydrogen) atoms. The Morgan fingerprint density at radius 1 is 1.45 bits per heavy atom. The Hall–Kier alpha value is -2.06. The highest BCUT2D eigenvalue weighted by molar-refractivity contribution is 5.70. The molecule has 0 saturated heterocycles. The Kier molecular flexibility index (Phi) is 4.26. The summed E-state index contributed by atoms with van der Waals surface area (Å²) in [6, 6.07) is 9.14. The standard InChI is InChI=1S/C15H18N2O3/c16-9-11-2-1-3-13(8-11)17-10-15(20)6-4-12(5-7-15)14(18)19/h1-3,8,12,17,20H,4-7,10H2,(H,18,19). The maximum Gasteiger partial charge on any atom is 0.306 e. The number of aliphatic hydroxyl groups is 1. The van der Waals surface area contributed by atoms with Crippen molar-refractivity contribution in [3.05, 3.63) is 29.8 Å². The number of nitriles is 1. The molecule has 2 rings (SSSR count). The molecule has 1 aromatic rings. The second-order valence-electron chi connectivity index (χ2n) is 5.38. The van der Waals surface area contributed by atoms with E-state index in [4.69, 9.17) is 10.4 Å². The summed E-state index contributed by atoms with van der Waals surface area (Å²) in [6.45, 7) is 0.369. The summed E-state index contributed by atoms with van der Waals surface area (Å²) in [5, 5.41) is 31.3. The zero-order chi connectivity index (χ0) is 14.6. The third-order valence-electron chi connectivity index (χ3n) is 3.88. The zero-order valence-electron chi connectivity index (χ0n) is 11.2. The van der Waals surface area contributed by atoms with Gasteiger partial charge >= 0.3 is 5.97 Å². The third-order valence-corrected chi connectivity index (χ3v) is 3.88. The molecule has 5 heteroatoms. The molecule has 0 radical (unpaired) electrons. The van der Waals surface area contributed by atoms with Gasteiger partial charge in [-0.2, -0.15) is 5.26 Å². The Morgan fingerprint density at radius 3 is 2.75 bits per heavy atom. The van der Waals surface area contributed by atoms with Gasteiger partial charge in [-0.05, 0) is 43.9 Å². The van der Waals surface area contributed by atoms with Gasteiger partial charge in [-0.1, -0.05) is 6.07 Å². The number of carboxylic acid groups (broad SMARTS) is 1. The molecule has 1 aliphatic carbocycles. The minimum atomic E-state index is -0.866. The van der Waals surface area contributed by atoms with E-state index in [0.717, 1.165) is 5.69 Å². The van der Waals surface area contributed by atoms with Crippen LogP contribution in [0.15, 0.2) is 24.3 Å². The van der Waals surface area contributed by atoms with E-state index in [1.54, 1.807) is 18.2 Å². The van der Waals surface area contributed by atoms with Crippen molar-refractivity contribution < 1.29 is 15.0 Å². The van der Waals surface area contributed by atoms with E-state index in [9.17, 15) is 9.90 Å². The Bertz CT molecular complexity index is 528. The number of hydrogen-bond acceptors (Lipinski definition) is 4. The molecule has 1 aromatic carbocycles. The molecular weight excluding hydrogens is 256 g/mol. The van der Waals surface area contributed by atoms with Gasteiger partial charge in [0.05, 0.1) is 23.2 Å². The van der Waals surface area contributed by atoms with Gasteiger partial charge in [0.2, 0.25) is 0 Å². The second kappa shape index (κ2) is 5.93. The summed E-state index contributed by atoms with van der Waals surface area (Å²) in [4.78, 5) is 10.9. The Morgan fingerprint density at radius 2 is 2.15 bits per heavy atom. The maximum atomic E-state index is 10.9. The first-order chi connectivity index (χ1) is 9.52. The van der Waals surface area contributed by atoms with Crippen LogP contribution in [0.2, 0.25) is 0 Å². The highest BCUT2D eigenvalue weighted by Gasteiger charge is 2.35. The molecule has 0 heterocycles. The number of nitrogens with zero attached hydrogens (tertiary/aromatic N) is 1. The molecule has 0 aliphatic heterocycles. The van der Waals surface area contributed by atoms with Gasteiger partial charge in [0.1, 0.15) is 0 Å². The number of rotatable bonds is 4. The van der Waals surface area contributed by atoms with Gasteiger partial charge in [0.15, 0.2) is 0 Å². The third kappa shape index (κ3) is 3.49. The number of hydrogen-bond donors (Lipinski definition) is 3. The van der Waals surface area contributed by atoms with Crippen LogP contribution in [-0.4, -0.2) is 28.3 Å². The van der Waals surface area contributed by atoms with E-state index < -0.39 is 11.6 Å². The van der Waals surface area contributed by atoms with Gasteiger partial charge in [-0.15, -0.1) is 0 Å². The highest BCUT2D eigenvalue weighted by Crippen LogP contribution is 2.32. The number of benzene rings is 1. The number of aliphatic carboxylic acids is 1. The van der Waals surface area contributed by atoms with Gasteiger partial charge in [0.25, 0.3) is 0 Å². The fourth-order valence-electron chi connectivity index (χ4n) is 2.54. The fourth-order valence-corrected chi connectivity index (χ4v) is 2.54. The maximum absolute atomic E-state index is 10.9. The molecule has 0 bridgehead atoms. The number of nitrogens with one attached hydrogen (secondary N) is 1. The van der Waals surface area contributed by atoms with E-state index in [1.165, 1.54) is 0 Å². The predicted octanol–water partition coefficient (Wildman–Crippen LogP) is 1.98. The van der Waals surface area contributed by atoms with Crippen molar-refractivity contribution in [2.24, 2.45) is 5.92 Å². The van der Waals surface area contributed by atoms with Crippen molar-refractivity contribution in [3.8, 4) is 6.07 Å². The number of carbonyl (C=O) groups is 1. The van der Waals surface area contributed by atoms with Gasteiger partial charge in [-0.25, -0.2) is 0 Å². The van der Waals surface area contributed by atoms with Crippen LogP contribution in [0.3, 0.4) is 0 Å². The number of anilines is 1. The normalized spacial score (nSPS) is 25.7. The Balaban J connectivity index is 1.90. The SMILES string of the molecule is N#Cc1cccc(NCC2(O)CCC(C(=O)O)CC2)c1. The fraction of sp³-hybridized carbons (Fsp3) is 0.467. The highest BCUT2D eigenvalue weighted by atomic mass is 16.4. The molecule has 5 nitrogen and oxygen atoms in total. The molecule has 0 atom stereocenters. The molecule has 106 valence electrons. The van der Waals surface area contributed by atoms with Crippen LogP contribution in [0.1, 0.15) is 31.2 Å². The average Bonchev–Trinajstić information content (AvgIpc) is 2.46. The molecule has 0 amide bonds. The van der Waals surface area contributed by atoms with Crippen LogP contribution < -0.4 is 5.32 Å². The predicted molar refractivity (Wildman–Crippen MR) is 74.2 cm³/mol. The van der Waals surface area contributed by atoms with Gasteiger partial charge < -0.3 is 15.5 Å². The van der Waals surface area contributed by atoms with E-state index in [-0.39, 0.29) is 5.92 Å². The molecule has 1 aliphatic rings. The molecule has 1 fully saturated rings. The molecule has 0 unspecified atom stereocenters. The van der Waals surface area contributed by atoms with Crippen LogP contribution >= 0.6 is 0 Å². The van der Waals surface area contributed by atoms with Gasteiger partial charge in [0, 0.05) is 12.2 Å². The van der Waals surface area contributed by atoms with Crippen molar-refractivity contribution in [3.63, 3.8) is 0 Å². The summed E-state index contributed by atoms with van der Waals surface area (Å²) in [5.74, 6) is -1.11. The summed E-state index contributed by atoms with van der Waals surface area (Å²) in [5.41, 5.74) is 0.489. The first-order valence-electron chi connectivity index (χ1n) is 6.72. The van der Waals surface area contributed by atoms with Crippen LogP contribution in [0.25, 0.3) is 0 Å². The first kappa shape index (κ1) is 14.4. The smallest absolute Gasteiger partial charge is 0.306 e. The van der Waals surface area contributed by atoms with Crippen LogP contribution in [0, 0.1) is 17.2 Å². The molecule has 3 N–H and O–H groups in total. The summed E-state index contributed by atoms with van der Waals surface area (Å²) < 4.78 is 0. The topological polar surface area (TPSA) is 93.4 Å². The lowest BCUT2D eigenvalue weighted by Gasteiger charge is -2.35. The second-order valence-corrected chi connectivity index (χ2v) is 5.38. The van der Waals surface area contributed by atoms with Crippen LogP contribution in [-0.2, 0) is 4.79 Å². The minimum Gasteiger partial charge on any atom is -0.481 e. The minimum absolute atomic E-state index is 0.336. The quantitative estimate of drug-likeness (QED) is 0.780. The van der Waals surface area contributed by atoms with E-state index in [0.29, 0.717) is 37.8 Å². The van der Waals surface area contributed by atoms with E-state index in [2.05, 4.69) is 11.4 Å². The lowest BCUT2D eigenvalue weighted by Crippen LogP contribution is -2.41. The summed E-state index contributed by atoms with van der Waals surface area (Å²) in [7, 11) is 0. The largest absolute Gasteiger partial charge is 0.481 e. The lowest BCUT2D eigenvalue weighted by atomic mass is 9.79. The van der Waals surface area contributed by atoms with Crippen LogP contribution in [0.4, 0.5) is 5.69 Å². The lowest BCUT2D eigenvalue weighted by molar-refractivity contribution is -0.144.